The summed E-state index contributed by atoms with van der Waals surface area (Å²) in [5.74, 6) is 0.591. The van der Waals surface area contributed by atoms with E-state index in [4.69, 9.17) is 0 Å². The summed E-state index contributed by atoms with van der Waals surface area (Å²) in [5.41, 5.74) is -0.597. The first-order chi connectivity index (χ1) is 6.32. The van der Waals surface area contributed by atoms with Gasteiger partial charge < -0.3 is 17.8 Å². The van der Waals surface area contributed by atoms with E-state index >= 15 is 0 Å². The van der Waals surface area contributed by atoms with Gasteiger partial charge in [0.1, 0.15) is 0 Å². The largest absolute Gasteiger partial charge is 1.00 e. The molecule has 1 aliphatic rings. The zero-order valence-corrected chi connectivity index (χ0v) is 12.8. The molecule has 1 rings (SSSR count). The van der Waals surface area contributed by atoms with Crippen LogP contribution in [0.5, 0.6) is 0 Å². The van der Waals surface area contributed by atoms with Gasteiger partial charge in [-0.15, -0.1) is 12.1 Å². The standard InChI is InChI=1S/C9H16BF3N.K/c1-7(10(11,12)13)6-14(3)8(2)9-4-5-9;/h8-9H,1,4-6H2,2-3H3;/q-1;+1. The summed E-state index contributed by atoms with van der Waals surface area (Å²) < 4.78 is 36.7. The molecule has 0 spiro atoms. The van der Waals surface area contributed by atoms with Crippen molar-refractivity contribution in [2.24, 2.45) is 5.92 Å². The topological polar surface area (TPSA) is 3.24 Å². The van der Waals surface area contributed by atoms with Gasteiger partial charge in [0.2, 0.25) is 0 Å². The first-order valence-electron chi connectivity index (χ1n) is 4.90. The van der Waals surface area contributed by atoms with Gasteiger partial charge in [-0.3, -0.25) is 0 Å². The summed E-state index contributed by atoms with van der Waals surface area (Å²) >= 11 is 0. The van der Waals surface area contributed by atoms with Crippen LogP contribution in [0.2, 0.25) is 0 Å². The number of likely N-dealkylation sites (N-methyl/N-ethyl adjacent to an activating group) is 1. The molecule has 1 atom stereocenters. The molecule has 0 heterocycles. The first-order valence-corrected chi connectivity index (χ1v) is 4.90. The summed E-state index contributed by atoms with van der Waals surface area (Å²) in [6, 6.07) is 0.241. The zero-order chi connectivity index (χ0) is 10.9. The summed E-state index contributed by atoms with van der Waals surface area (Å²) in [7, 11) is 1.73. The number of rotatable bonds is 5. The summed E-state index contributed by atoms with van der Waals surface area (Å²) in [6.45, 7) is 0.148. The van der Waals surface area contributed by atoms with E-state index in [1.807, 2.05) is 6.92 Å². The Labute approximate surface area is 132 Å². The van der Waals surface area contributed by atoms with Crippen molar-refractivity contribution in [2.75, 3.05) is 13.6 Å². The molecule has 0 aromatic heterocycles. The summed E-state index contributed by atoms with van der Waals surface area (Å²) in [4.78, 5) is 1.75. The smallest absolute Gasteiger partial charge is 0.445 e. The van der Waals surface area contributed by atoms with E-state index in [2.05, 4.69) is 6.58 Å². The van der Waals surface area contributed by atoms with Crippen LogP contribution in [0, 0.1) is 5.92 Å². The average molecular weight is 245 g/mol. The van der Waals surface area contributed by atoms with Crippen LogP contribution >= 0.6 is 0 Å². The molecule has 0 aliphatic heterocycles. The Hall–Kier alpha value is 1.19. The van der Waals surface area contributed by atoms with Crippen LogP contribution in [0.25, 0.3) is 0 Å². The number of nitrogens with zero attached hydrogens (tertiary/aromatic N) is 1. The maximum Gasteiger partial charge on any atom is 1.00 e. The van der Waals surface area contributed by atoms with Crippen LogP contribution in [0.3, 0.4) is 0 Å². The van der Waals surface area contributed by atoms with Gasteiger partial charge in [0, 0.05) is 6.04 Å². The second kappa shape index (κ2) is 6.21. The van der Waals surface area contributed by atoms with Gasteiger partial charge in [0.25, 0.3) is 0 Å². The third-order valence-corrected chi connectivity index (χ3v) is 2.91. The molecule has 15 heavy (non-hydrogen) atoms. The molecule has 1 fully saturated rings. The molecule has 1 nitrogen and oxygen atoms in total. The van der Waals surface area contributed by atoms with Gasteiger partial charge in [-0.1, -0.05) is 0 Å². The van der Waals surface area contributed by atoms with E-state index in [0.29, 0.717) is 5.92 Å². The van der Waals surface area contributed by atoms with Crippen molar-refractivity contribution < 1.29 is 64.3 Å². The van der Waals surface area contributed by atoms with Crippen LogP contribution in [0.15, 0.2) is 12.1 Å². The molecule has 6 heteroatoms. The predicted molar refractivity (Wildman–Crippen MR) is 53.0 cm³/mol. The minimum Gasteiger partial charge on any atom is -0.445 e. The van der Waals surface area contributed by atoms with E-state index in [1.54, 1.807) is 11.9 Å². The molecule has 0 amide bonds. The van der Waals surface area contributed by atoms with Crippen molar-refractivity contribution in [3.63, 3.8) is 0 Å². The Morgan fingerprint density at radius 3 is 2.27 bits per heavy atom. The molecule has 1 aliphatic carbocycles. The van der Waals surface area contributed by atoms with E-state index in [-0.39, 0.29) is 64.0 Å². The minimum atomic E-state index is -4.87. The third-order valence-electron chi connectivity index (χ3n) is 2.91. The first kappa shape index (κ1) is 16.2. The van der Waals surface area contributed by atoms with E-state index in [9.17, 15) is 12.9 Å². The summed E-state index contributed by atoms with van der Waals surface area (Å²) in [6.07, 6.45) is 2.30. The third kappa shape index (κ3) is 5.37. The minimum absolute atomic E-state index is 0. The summed E-state index contributed by atoms with van der Waals surface area (Å²) in [5, 5.41) is 0. The van der Waals surface area contributed by atoms with E-state index in [0.717, 1.165) is 12.8 Å². The van der Waals surface area contributed by atoms with Crippen LogP contribution < -0.4 is 51.4 Å². The molecule has 0 aromatic carbocycles. The maximum atomic E-state index is 12.2. The predicted octanol–water partition coefficient (Wildman–Crippen LogP) is -0.336. The van der Waals surface area contributed by atoms with E-state index < -0.39 is 12.4 Å². The maximum absolute atomic E-state index is 12.2. The van der Waals surface area contributed by atoms with Crippen molar-refractivity contribution in [2.45, 2.75) is 25.8 Å². The van der Waals surface area contributed by atoms with Gasteiger partial charge in [-0.05, 0) is 39.3 Å². The van der Waals surface area contributed by atoms with Crippen molar-refractivity contribution in [1.29, 1.82) is 0 Å². The van der Waals surface area contributed by atoms with Crippen molar-refractivity contribution in [3.05, 3.63) is 12.1 Å². The molecule has 0 aromatic rings. The monoisotopic (exact) mass is 245 g/mol. The molecule has 0 bridgehead atoms. The fraction of sp³-hybridized carbons (Fsp3) is 0.778. The molecule has 1 saturated carbocycles. The quantitative estimate of drug-likeness (QED) is 0.599. The molecular weight excluding hydrogens is 229 g/mol. The molecule has 1 unspecified atom stereocenters. The Balaban J connectivity index is 0.00000196. The Morgan fingerprint density at radius 2 is 1.93 bits per heavy atom. The van der Waals surface area contributed by atoms with E-state index in [1.165, 1.54) is 0 Å². The van der Waals surface area contributed by atoms with Crippen LogP contribution in [-0.4, -0.2) is 31.5 Å². The Bertz CT molecular complexity index is 228. The second-order valence-electron chi connectivity index (χ2n) is 4.23. The van der Waals surface area contributed by atoms with Crippen molar-refractivity contribution in [1.82, 2.24) is 4.90 Å². The van der Waals surface area contributed by atoms with Crippen LogP contribution in [-0.2, 0) is 0 Å². The SMILES string of the molecule is C=C(CN(C)C(C)C1CC1)[B-](F)(F)F.[K+]. The number of halogens is 3. The van der Waals surface area contributed by atoms with Crippen LogP contribution in [0.1, 0.15) is 19.8 Å². The van der Waals surface area contributed by atoms with Gasteiger partial charge in [-0.2, -0.15) is 0 Å². The van der Waals surface area contributed by atoms with Crippen molar-refractivity contribution in [3.8, 4) is 0 Å². The molecule has 0 N–H and O–H groups in total. The van der Waals surface area contributed by atoms with Gasteiger partial charge in [0.15, 0.2) is 0 Å². The number of hydrogen-bond acceptors (Lipinski definition) is 1. The molecule has 82 valence electrons. The normalized spacial score (nSPS) is 18.5. The molecule has 0 radical (unpaired) electrons. The number of hydrogen-bond donors (Lipinski definition) is 0. The fourth-order valence-corrected chi connectivity index (χ4v) is 1.51. The van der Waals surface area contributed by atoms with Gasteiger partial charge in [-0.25, -0.2) is 0 Å². The Morgan fingerprint density at radius 1 is 1.47 bits per heavy atom. The second-order valence-corrected chi connectivity index (χ2v) is 4.23. The van der Waals surface area contributed by atoms with Gasteiger partial charge >= 0.3 is 58.4 Å². The average Bonchev–Trinajstić information content (AvgIpc) is 2.83. The zero-order valence-electron chi connectivity index (χ0n) is 9.64. The molecular formula is C9H16BF3KN. The van der Waals surface area contributed by atoms with Crippen molar-refractivity contribution >= 4 is 6.98 Å². The van der Waals surface area contributed by atoms with Gasteiger partial charge in [0.05, 0.1) is 0 Å². The molecule has 0 saturated heterocycles. The fourth-order valence-electron chi connectivity index (χ4n) is 1.51. The Kier molecular flexibility index (Phi) is 6.71. The van der Waals surface area contributed by atoms with Crippen LogP contribution in [0.4, 0.5) is 12.9 Å².